The molecular weight excluding hydrogens is 263 g/mol. The summed E-state index contributed by atoms with van der Waals surface area (Å²) in [6.07, 6.45) is -0.0807. The van der Waals surface area contributed by atoms with E-state index in [-0.39, 0.29) is 32.2 Å². The summed E-state index contributed by atoms with van der Waals surface area (Å²) in [4.78, 5) is 0. The van der Waals surface area contributed by atoms with Crippen LogP contribution < -0.4 is 5.73 Å². The van der Waals surface area contributed by atoms with Gasteiger partial charge < -0.3 is 5.73 Å². The van der Waals surface area contributed by atoms with Crippen LogP contribution in [0.3, 0.4) is 0 Å². The molecule has 1 saturated carbocycles. The van der Waals surface area contributed by atoms with E-state index >= 15 is 0 Å². The molecule has 0 atom stereocenters. The van der Waals surface area contributed by atoms with Gasteiger partial charge in [-0.3, -0.25) is 0 Å². The molecular formula is C13H15ClF3N. The van der Waals surface area contributed by atoms with E-state index in [1.807, 2.05) is 0 Å². The van der Waals surface area contributed by atoms with Gasteiger partial charge in [0.25, 0.3) is 0 Å². The average molecular weight is 278 g/mol. The average Bonchev–Trinajstić information content (AvgIpc) is 2.31. The van der Waals surface area contributed by atoms with Gasteiger partial charge in [-0.15, -0.1) is 0 Å². The van der Waals surface area contributed by atoms with Gasteiger partial charge in [0, 0.05) is 29.8 Å². The van der Waals surface area contributed by atoms with Crippen molar-refractivity contribution in [1.29, 1.82) is 0 Å². The first-order valence-corrected chi connectivity index (χ1v) is 6.30. The monoisotopic (exact) mass is 277 g/mol. The molecule has 1 aromatic carbocycles. The summed E-state index contributed by atoms with van der Waals surface area (Å²) in [7, 11) is 0. The standard InChI is InChI=1S/C13H15ClF3N/c14-9-1-2-10(11(15)7-9)12(8-18)3-5-13(16,17)6-4-12/h1-2,7H,3-6,8,18H2. The molecule has 1 aromatic rings. The summed E-state index contributed by atoms with van der Waals surface area (Å²) in [6, 6.07) is 4.35. The fourth-order valence-corrected chi connectivity index (χ4v) is 2.76. The van der Waals surface area contributed by atoms with Crippen LogP contribution in [0.4, 0.5) is 13.2 Å². The Morgan fingerprint density at radius 1 is 1.17 bits per heavy atom. The number of nitrogens with two attached hydrogens (primary N) is 1. The molecule has 2 N–H and O–H groups in total. The fraction of sp³-hybridized carbons (Fsp3) is 0.538. The van der Waals surface area contributed by atoms with E-state index in [1.54, 1.807) is 12.1 Å². The zero-order chi connectivity index (χ0) is 13.4. The molecule has 100 valence electrons. The largest absolute Gasteiger partial charge is 0.330 e. The van der Waals surface area contributed by atoms with Gasteiger partial charge in [0.2, 0.25) is 5.92 Å². The molecule has 0 aliphatic heterocycles. The van der Waals surface area contributed by atoms with Crippen LogP contribution in [-0.2, 0) is 5.41 Å². The molecule has 18 heavy (non-hydrogen) atoms. The number of rotatable bonds is 2. The Bertz CT molecular complexity index is 438. The maximum atomic E-state index is 13.9. The minimum Gasteiger partial charge on any atom is -0.330 e. The number of benzene rings is 1. The summed E-state index contributed by atoms with van der Waals surface area (Å²) < 4.78 is 40.3. The highest BCUT2D eigenvalue weighted by Gasteiger charge is 2.44. The zero-order valence-corrected chi connectivity index (χ0v) is 10.6. The number of hydrogen-bond acceptors (Lipinski definition) is 1. The Labute approximate surface area is 109 Å². The van der Waals surface area contributed by atoms with Crippen LogP contribution in [0.15, 0.2) is 18.2 Å². The van der Waals surface area contributed by atoms with Crippen molar-refractivity contribution in [1.82, 2.24) is 0 Å². The number of hydrogen-bond donors (Lipinski definition) is 1. The van der Waals surface area contributed by atoms with Crippen molar-refractivity contribution < 1.29 is 13.2 Å². The Hall–Kier alpha value is -0.740. The van der Waals surface area contributed by atoms with Crippen molar-refractivity contribution in [3.63, 3.8) is 0 Å². The van der Waals surface area contributed by atoms with Gasteiger partial charge in [0.15, 0.2) is 0 Å². The molecule has 2 rings (SSSR count). The number of halogens is 4. The Morgan fingerprint density at radius 3 is 2.28 bits per heavy atom. The molecule has 1 nitrogen and oxygen atoms in total. The Kier molecular flexibility index (Phi) is 3.60. The lowest BCUT2D eigenvalue weighted by atomic mass is 9.68. The third-order valence-electron chi connectivity index (χ3n) is 3.83. The lowest BCUT2D eigenvalue weighted by Gasteiger charge is -2.40. The van der Waals surface area contributed by atoms with Crippen molar-refractivity contribution >= 4 is 11.6 Å². The van der Waals surface area contributed by atoms with Gasteiger partial charge in [0.05, 0.1) is 0 Å². The second kappa shape index (κ2) is 4.74. The minimum absolute atomic E-state index is 0.168. The number of alkyl halides is 2. The third kappa shape index (κ3) is 2.50. The third-order valence-corrected chi connectivity index (χ3v) is 4.07. The van der Waals surface area contributed by atoms with Crippen molar-refractivity contribution in [2.24, 2.45) is 5.73 Å². The Morgan fingerprint density at radius 2 is 1.78 bits per heavy atom. The molecule has 0 spiro atoms. The smallest absolute Gasteiger partial charge is 0.248 e. The van der Waals surface area contributed by atoms with Crippen LogP contribution in [0.5, 0.6) is 0 Å². The van der Waals surface area contributed by atoms with Crippen molar-refractivity contribution in [3.05, 3.63) is 34.6 Å². The first kappa shape index (κ1) is 13.7. The van der Waals surface area contributed by atoms with Gasteiger partial charge in [0.1, 0.15) is 5.82 Å². The summed E-state index contributed by atoms with van der Waals surface area (Å²) in [6.45, 7) is 0.168. The van der Waals surface area contributed by atoms with Gasteiger partial charge in [-0.05, 0) is 30.5 Å². The van der Waals surface area contributed by atoms with E-state index in [2.05, 4.69) is 0 Å². The maximum absolute atomic E-state index is 13.9. The molecule has 1 aliphatic rings. The summed E-state index contributed by atoms with van der Waals surface area (Å²) in [5.41, 5.74) is 5.44. The van der Waals surface area contributed by atoms with E-state index in [1.165, 1.54) is 6.07 Å². The van der Waals surface area contributed by atoms with Gasteiger partial charge in [-0.25, -0.2) is 13.2 Å². The van der Waals surface area contributed by atoms with E-state index < -0.39 is 17.2 Å². The topological polar surface area (TPSA) is 26.0 Å². The van der Waals surface area contributed by atoms with Crippen LogP contribution in [0.1, 0.15) is 31.2 Å². The van der Waals surface area contributed by atoms with Crippen molar-refractivity contribution in [3.8, 4) is 0 Å². The minimum atomic E-state index is -2.65. The second-order valence-electron chi connectivity index (χ2n) is 4.96. The Balaban J connectivity index is 2.33. The quantitative estimate of drug-likeness (QED) is 0.872. The van der Waals surface area contributed by atoms with Crippen LogP contribution in [0, 0.1) is 5.82 Å². The highest BCUT2D eigenvalue weighted by Crippen LogP contribution is 2.45. The zero-order valence-electron chi connectivity index (χ0n) is 9.86. The SMILES string of the molecule is NCC1(c2ccc(Cl)cc2F)CCC(F)(F)CC1. The highest BCUT2D eigenvalue weighted by atomic mass is 35.5. The lowest BCUT2D eigenvalue weighted by molar-refractivity contribution is -0.0513. The van der Waals surface area contributed by atoms with Crippen LogP contribution in [-0.4, -0.2) is 12.5 Å². The van der Waals surface area contributed by atoms with Crippen molar-refractivity contribution in [2.75, 3.05) is 6.54 Å². The second-order valence-corrected chi connectivity index (χ2v) is 5.40. The summed E-state index contributed by atoms with van der Waals surface area (Å²) in [5.74, 6) is -3.11. The van der Waals surface area contributed by atoms with E-state index in [4.69, 9.17) is 17.3 Å². The van der Waals surface area contributed by atoms with Gasteiger partial charge >= 0.3 is 0 Å². The van der Waals surface area contributed by atoms with Crippen LogP contribution in [0.25, 0.3) is 0 Å². The van der Waals surface area contributed by atoms with E-state index in [0.717, 1.165) is 0 Å². The maximum Gasteiger partial charge on any atom is 0.248 e. The normalized spacial score (nSPS) is 21.8. The highest BCUT2D eigenvalue weighted by molar-refractivity contribution is 6.30. The molecule has 0 bridgehead atoms. The summed E-state index contributed by atoms with van der Waals surface area (Å²) >= 11 is 5.70. The molecule has 0 unspecified atom stereocenters. The van der Waals surface area contributed by atoms with E-state index in [0.29, 0.717) is 10.6 Å². The predicted octanol–water partition coefficient (Wildman–Crippen LogP) is 3.88. The van der Waals surface area contributed by atoms with Crippen LogP contribution >= 0.6 is 11.6 Å². The molecule has 1 fully saturated rings. The van der Waals surface area contributed by atoms with Gasteiger partial charge in [-0.1, -0.05) is 17.7 Å². The fourth-order valence-electron chi connectivity index (χ4n) is 2.60. The lowest BCUT2D eigenvalue weighted by Crippen LogP contribution is -2.42. The van der Waals surface area contributed by atoms with Gasteiger partial charge in [-0.2, -0.15) is 0 Å². The molecule has 1 aliphatic carbocycles. The van der Waals surface area contributed by atoms with Crippen molar-refractivity contribution in [2.45, 2.75) is 37.0 Å². The molecule has 0 aromatic heterocycles. The first-order chi connectivity index (χ1) is 8.38. The van der Waals surface area contributed by atoms with E-state index in [9.17, 15) is 13.2 Å². The predicted molar refractivity (Wildman–Crippen MR) is 65.6 cm³/mol. The summed E-state index contributed by atoms with van der Waals surface area (Å²) in [5, 5.41) is 0.296. The van der Waals surface area contributed by atoms with Crippen LogP contribution in [0.2, 0.25) is 5.02 Å². The first-order valence-electron chi connectivity index (χ1n) is 5.92. The molecule has 0 heterocycles. The molecule has 5 heteroatoms. The molecule has 0 radical (unpaired) electrons. The molecule has 0 saturated heterocycles. The molecule has 0 amide bonds.